The largest absolute Gasteiger partial charge is 0.694 e. The van der Waals surface area contributed by atoms with Crippen molar-refractivity contribution in [3.63, 3.8) is 0 Å². The van der Waals surface area contributed by atoms with Gasteiger partial charge in [-0.1, -0.05) is 0 Å². The summed E-state index contributed by atoms with van der Waals surface area (Å²) in [6.07, 6.45) is -11.8. The molecule has 0 radical (unpaired) electrons. The maximum atomic E-state index is 14.0. The number of aliphatic hydroxyl groups excluding tert-OH is 1. The van der Waals surface area contributed by atoms with Crippen molar-refractivity contribution in [2.75, 3.05) is 43.6 Å². The van der Waals surface area contributed by atoms with Crippen LogP contribution in [0, 0.1) is 6.92 Å². The summed E-state index contributed by atoms with van der Waals surface area (Å²) in [5.74, 6) is -0.450. The van der Waals surface area contributed by atoms with Crippen molar-refractivity contribution < 1.29 is 93.6 Å². The second-order valence-corrected chi connectivity index (χ2v) is 23.6. The predicted octanol–water partition coefficient (Wildman–Crippen LogP) is -1.49. The highest BCUT2D eigenvalue weighted by Gasteiger charge is 2.49. The number of aromatic nitrogens is 12. The van der Waals surface area contributed by atoms with Crippen LogP contribution in [0.15, 0.2) is 56.6 Å². The van der Waals surface area contributed by atoms with Crippen LogP contribution < -0.4 is 39.7 Å². The lowest BCUT2D eigenvalue weighted by atomic mass is 10.2. The Bertz CT molecular complexity index is 3790. The molecule has 39 nitrogen and oxygen atoms in total. The van der Waals surface area contributed by atoms with Crippen LogP contribution in [0.4, 0.5) is 17.6 Å². The molecule has 0 bridgehead atoms. The van der Waals surface area contributed by atoms with Crippen molar-refractivity contribution in [1.29, 1.82) is 0 Å². The number of nitrogen functional groups attached to an aromatic ring is 3. The summed E-state index contributed by atoms with van der Waals surface area (Å²) >= 11 is 0. The standard InChI is InChI=1S/C39H49N15O24P4/c1-16-8-52(39(59)50-35(16)56)26-4-17(55)21(72-26)10-69-80(62,63)78-20-7-28(53-14-45-30-32(41)43-13-44-33(30)53)75-24(20)12-71-82(66,67)77-19-5-27(51-3-2-25(40)47-38(51)58)74-23(19)11-70-81(64,65)76-18-6-29(73-22(18)9-68-79(60)61)54-15-46-31-34(54)48-37(42)49-36(31)57/h2-3,8,13-15,17-24,26-29,55H,4-7,9-12H2,1H3,(H11-,40,41,42,43,44,47,48,49,50,56,57,58,59,60,61,62,63,64,65,66,67)/p+1/t17-,18-,19-,20-,21+,22+,23+,24+,26+,27+,28+,29+/m0/s1. The van der Waals surface area contributed by atoms with Crippen LogP contribution in [0.1, 0.15) is 56.2 Å². The van der Waals surface area contributed by atoms with Gasteiger partial charge in [0, 0.05) is 48.2 Å². The van der Waals surface area contributed by atoms with E-state index in [0.29, 0.717) is 0 Å². The van der Waals surface area contributed by atoms with E-state index in [1.807, 2.05) is 0 Å². The summed E-state index contributed by atoms with van der Waals surface area (Å²) in [6.45, 7) is -1.90. The number of aliphatic hydroxyl groups is 1. The lowest BCUT2D eigenvalue weighted by Gasteiger charge is -2.25. The van der Waals surface area contributed by atoms with E-state index < -0.39 is 161 Å². The fourth-order valence-electron chi connectivity index (χ4n) is 9.36. The topological polar surface area (TPSA) is 546 Å². The minimum Gasteiger partial charge on any atom is -0.390 e. The van der Waals surface area contributed by atoms with Crippen molar-refractivity contribution in [2.24, 2.45) is 0 Å². The van der Waals surface area contributed by atoms with Gasteiger partial charge in [0.2, 0.25) is 5.95 Å². The van der Waals surface area contributed by atoms with Crippen molar-refractivity contribution in [3.05, 3.63) is 84.7 Å². The third-order valence-electron chi connectivity index (χ3n) is 13.2. The number of phosphoric ester groups is 3. The first-order chi connectivity index (χ1) is 38.8. The van der Waals surface area contributed by atoms with E-state index in [-0.39, 0.29) is 64.7 Å². The second kappa shape index (κ2) is 23.6. The zero-order valence-electron chi connectivity index (χ0n) is 42.0. The summed E-state index contributed by atoms with van der Waals surface area (Å²) < 4.78 is 119. The SMILES string of the molecule is Cc1cn([C@H]2C[C@H](O)[C@@H](COP(=O)(O)O[C@H]3C[C@H](n4cnc5c(N)ncnc54)O[C@@H]3COP(=O)(O)O[C@H]3C[C@H](n4ccc(N)nc4=O)O[C@@H]3COP(=O)(O)O[C@H]3C[C@H](n4cnc5c(=O)[nH]c(N)nc54)O[C@@H]3CO[P+](=O)O)O2)c(=O)[nH]c1=O. The minimum atomic E-state index is -5.40. The smallest absolute Gasteiger partial charge is 0.390 e. The molecule has 4 saturated heterocycles. The molecule has 16 atom stereocenters. The van der Waals surface area contributed by atoms with Crippen LogP contribution >= 0.6 is 31.7 Å². The molecule has 43 heteroatoms. The van der Waals surface area contributed by atoms with E-state index in [1.165, 1.54) is 47.2 Å². The van der Waals surface area contributed by atoms with E-state index in [1.54, 1.807) is 0 Å². The molecule has 0 saturated carbocycles. The molecule has 4 fully saturated rings. The Kier molecular flexibility index (Phi) is 17.0. The third-order valence-corrected chi connectivity index (χ3v) is 16.6. The fraction of sp³-hybridized carbons (Fsp3) is 0.538. The molecule has 4 aliphatic heterocycles. The molecule has 444 valence electrons. The van der Waals surface area contributed by atoms with Gasteiger partial charge in [-0.2, -0.15) is 9.97 Å². The van der Waals surface area contributed by atoms with Crippen LogP contribution in [0.25, 0.3) is 22.3 Å². The number of nitrogens with zero attached hydrogens (tertiary/aromatic N) is 10. The van der Waals surface area contributed by atoms with Crippen LogP contribution in [-0.4, -0.2) is 158 Å². The zero-order valence-corrected chi connectivity index (χ0v) is 45.6. The minimum absolute atomic E-state index is 0.00547. The van der Waals surface area contributed by atoms with Crippen LogP contribution in [0.2, 0.25) is 0 Å². The maximum Gasteiger partial charge on any atom is 0.694 e. The number of H-pyrrole nitrogens is 2. The molecular weight excluding hydrogens is 1190 g/mol. The molecule has 10 heterocycles. The lowest BCUT2D eigenvalue weighted by Crippen LogP contribution is -2.33. The number of hydrogen-bond acceptors (Lipinski definition) is 29. The Hall–Kier alpha value is -5.99. The number of aryl methyl sites for hydroxylation is 1. The summed E-state index contributed by atoms with van der Waals surface area (Å²) in [7, 11) is -19.1. The Balaban J connectivity index is 0.831. The molecule has 13 N–H and O–H groups in total. The van der Waals surface area contributed by atoms with Gasteiger partial charge < -0.3 is 55.9 Å². The van der Waals surface area contributed by atoms with Crippen molar-refractivity contribution in [2.45, 2.75) is 106 Å². The highest BCUT2D eigenvalue weighted by Crippen LogP contribution is 2.54. The van der Waals surface area contributed by atoms with Gasteiger partial charge >= 0.3 is 43.1 Å². The third kappa shape index (κ3) is 13.2. The average Bonchev–Trinajstić information content (AvgIpc) is 3.87. The van der Waals surface area contributed by atoms with E-state index >= 15 is 0 Å². The molecule has 6 aromatic rings. The van der Waals surface area contributed by atoms with Gasteiger partial charge in [-0.05, 0) is 13.0 Å². The number of ether oxygens (including phenoxy) is 4. The van der Waals surface area contributed by atoms with Crippen molar-refractivity contribution in [3.8, 4) is 0 Å². The normalized spacial score (nSPS) is 29.1. The summed E-state index contributed by atoms with van der Waals surface area (Å²) in [6, 6.07) is 1.24. The fourth-order valence-corrected chi connectivity index (χ4v) is 12.5. The number of fused-ring (bicyclic) bond motifs is 2. The average molecular weight is 1240 g/mol. The number of rotatable bonds is 22. The van der Waals surface area contributed by atoms with Gasteiger partial charge in [0.05, 0.1) is 38.6 Å². The number of anilines is 3. The highest BCUT2D eigenvalue weighted by molar-refractivity contribution is 7.48. The quantitative estimate of drug-likeness (QED) is 0.0346. The molecule has 0 spiro atoms. The lowest BCUT2D eigenvalue weighted by molar-refractivity contribution is -0.0626. The molecule has 6 aromatic heterocycles. The first-order valence-corrected chi connectivity index (χ1v) is 29.8. The maximum absolute atomic E-state index is 14.0. The monoisotopic (exact) mass is 1240 g/mol. The summed E-state index contributed by atoms with van der Waals surface area (Å²) in [5.41, 5.74) is 14.6. The van der Waals surface area contributed by atoms with Crippen LogP contribution in [0.3, 0.4) is 0 Å². The molecule has 10 rings (SSSR count). The number of imidazole rings is 2. The predicted molar refractivity (Wildman–Crippen MR) is 269 cm³/mol. The zero-order chi connectivity index (χ0) is 58.6. The van der Waals surface area contributed by atoms with Crippen molar-refractivity contribution in [1.82, 2.24) is 58.1 Å². The highest BCUT2D eigenvalue weighted by atomic mass is 31.2. The van der Waals surface area contributed by atoms with Gasteiger partial charge in [0.1, 0.15) is 91.9 Å². The molecule has 0 amide bonds. The van der Waals surface area contributed by atoms with Gasteiger partial charge in [0.25, 0.3) is 11.1 Å². The van der Waals surface area contributed by atoms with Crippen LogP contribution in [-0.2, 0) is 68.9 Å². The summed E-state index contributed by atoms with van der Waals surface area (Å²) in [5, 5.41) is 10.8. The number of hydrogen-bond donors (Lipinski definition) is 10. The molecule has 0 aromatic carbocycles. The molecule has 0 aliphatic carbocycles. The van der Waals surface area contributed by atoms with E-state index in [9.17, 15) is 62.1 Å². The van der Waals surface area contributed by atoms with Gasteiger partial charge in [-0.15, -0.1) is 9.42 Å². The second-order valence-electron chi connectivity index (χ2n) is 18.7. The van der Waals surface area contributed by atoms with Crippen molar-refractivity contribution >= 4 is 71.6 Å². The first-order valence-electron chi connectivity index (χ1n) is 24.2. The van der Waals surface area contributed by atoms with E-state index in [0.717, 1.165) is 15.5 Å². The van der Waals surface area contributed by atoms with E-state index in [4.69, 9.17) is 67.8 Å². The van der Waals surface area contributed by atoms with Crippen LogP contribution in [0.5, 0.6) is 0 Å². The Morgan fingerprint density at radius 1 is 0.659 bits per heavy atom. The number of aromatic amines is 2. The molecule has 4 aliphatic rings. The summed E-state index contributed by atoms with van der Waals surface area (Å²) in [4.78, 5) is 121. The Labute approximate surface area is 456 Å². The molecule has 82 heavy (non-hydrogen) atoms. The molecular formula is C39H50N15O24P4+. The van der Waals surface area contributed by atoms with Gasteiger partial charge in [0.15, 0.2) is 22.6 Å². The Morgan fingerprint density at radius 3 is 1.74 bits per heavy atom. The number of nitrogens with two attached hydrogens (primary N) is 3. The van der Waals surface area contributed by atoms with Gasteiger partial charge in [-0.3, -0.25) is 65.0 Å². The number of nitrogens with one attached hydrogen (secondary N) is 2. The number of phosphoric acid groups is 3. The van der Waals surface area contributed by atoms with E-state index in [2.05, 4.69) is 39.9 Å². The Morgan fingerprint density at radius 2 is 1.17 bits per heavy atom. The van der Waals surface area contributed by atoms with Gasteiger partial charge in [-0.25, -0.2) is 43.2 Å². The molecule has 4 unspecified atom stereocenters. The first kappa shape index (κ1) is 59.2.